The topological polar surface area (TPSA) is 26.3 Å². The molecule has 0 atom stereocenters. The molecule has 0 radical (unpaired) electrons. The zero-order valence-electron chi connectivity index (χ0n) is 7.33. The molecular formula is C9H11BO2. The Bertz CT molecular complexity index is 284. The summed E-state index contributed by atoms with van der Waals surface area (Å²) in [6.07, 6.45) is 1.74. The second kappa shape index (κ2) is 3.95. The zero-order valence-corrected chi connectivity index (χ0v) is 7.33. The Morgan fingerprint density at radius 1 is 1.58 bits per heavy atom. The van der Waals surface area contributed by atoms with Crippen molar-refractivity contribution in [1.29, 1.82) is 0 Å². The number of rotatable bonds is 3. The summed E-state index contributed by atoms with van der Waals surface area (Å²) in [5, 5.41) is 0. The lowest BCUT2D eigenvalue weighted by Gasteiger charge is -2.04. The van der Waals surface area contributed by atoms with Gasteiger partial charge in [0.2, 0.25) is 0 Å². The van der Waals surface area contributed by atoms with Gasteiger partial charge in [-0.05, 0) is 17.7 Å². The molecule has 0 saturated carbocycles. The Morgan fingerprint density at radius 3 is 2.83 bits per heavy atom. The van der Waals surface area contributed by atoms with Crippen molar-refractivity contribution in [2.45, 2.75) is 6.32 Å². The van der Waals surface area contributed by atoms with Crippen LogP contribution in [0.5, 0.6) is 5.75 Å². The van der Waals surface area contributed by atoms with Gasteiger partial charge in [-0.3, -0.25) is 4.79 Å². The van der Waals surface area contributed by atoms with Crippen molar-refractivity contribution in [3.8, 4) is 5.75 Å². The summed E-state index contributed by atoms with van der Waals surface area (Å²) in [4.78, 5) is 10.6. The van der Waals surface area contributed by atoms with Crippen LogP contribution < -0.4 is 4.74 Å². The van der Waals surface area contributed by atoms with Crippen molar-refractivity contribution in [1.82, 2.24) is 0 Å². The van der Waals surface area contributed by atoms with Gasteiger partial charge in [-0.1, -0.05) is 12.4 Å². The molecule has 0 N–H and O–H groups in total. The summed E-state index contributed by atoms with van der Waals surface area (Å²) in [5.74, 6) is 0.731. The number of methoxy groups -OCH3 is 1. The molecule has 1 aromatic carbocycles. The fourth-order valence-corrected chi connectivity index (χ4v) is 1.13. The molecule has 2 nitrogen and oxygen atoms in total. The van der Waals surface area contributed by atoms with Crippen molar-refractivity contribution >= 4 is 14.1 Å². The van der Waals surface area contributed by atoms with E-state index in [-0.39, 0.29) is 0 Å². The second-order valence-corrected chi connectivity index (χ2v) is 2.54. The van der Waals surface area contributed by atoms with E-state index >= 15 is 0 Å². The minimum absolute atomic E-state index is 0.719. The SMILES string of the molecule is BCc1ccc(OC)cc1C=O. The van der Waals surface area contributed by atoms with Gasteiger partial charge in [0.15, 0.2) is 0 Å². The van der Waals surface area contributed by atoms with Crippen molar-refractivity contribution in [2.24, 2.45) is 0 Å². The van der Waals surface area contributed by atoms with Crippen molar-refractivity contribution < 1.29 is 9.53 Å². The predicted octanol–water partition coefficient (Wildman–Crippen LogP) is 0.641. The number of aldehydes is 1. The van der Waals surface area contributed by atoms with E-state index in [2.05, 4.69) is 0 Å². The largest absolute Gasteiger partial charge is 0.497 e. The maximum absolute atomic E-state index is 10.6. The second-order valence-electron chi connectivity index (χ2n) is 2.54. The highest BCUT2D eigenvalue weighted by Gasteiger charge is 2.00. The average molecular weight is 162 g/mol. The third-order valence-electron chi connectivity index (χ3n) is 1.86. The smallest absolute Gasteiger partial charge is 0.150 e. The van der Waals surface area contributed by atoms with Crippen molar-refractivity contribution in [2.75, 3.05) is 7.11 Å². The van der Waals surface area contributed by atoms with Crippen LogP contribution in [0, 0.1) is 0 Å². The highest BCUT2D eigenvalue weighted by Crippen LogP contribution is 2.15. The summed E-state index contributed by atoms with van der Waals surface area (Å²) in [7, 11) is 3.62. The molecule has 0 aliphatic rings. The lowest BCUT2D eigenvalue weighted by Crippen LogP contribution is -1.93. The fourth-order valence-electron chi connectivity index (χ4n) is 1.13. The number of carbonyl (C=O) groups is 1. The monoisotopic (exact) mass is 162 g/mol. The Hall–Kier alpha value is -1.25. The molecule has 1 rings (SSSR count). The molecule has 0 unspecified atom stereocenters. The summed E-state index contributed by atoms with van der Waals surface area (Å²) in [6.45, 7) is 0. The summed E-state index contributed by atoms with van der Waals surface area (Å²) in [6, 6.07) is 5.54. The van der Waals surface area contributed by atoms with Gasteiger partial charge in [0, 0.05) is 5.56 Å². The molecule has 0 aliphatic carbocycles. The van der Waals surface area contributed by atoms with Crippen LogP contribution in [0.15, 0.2) is 18.2 Å². The van der Waals surface area contributed by atoms with E-state index in [1.165, 1.54) is 0 Å². The van der Waals surface area contributed by atoms with E-state index in [0.717, 1.165) is 29.5 Å². The molecule has 62 valence electrons. The van der Waals surface area contributed by atoms with E-state index in [1.807, 2.05) is 20.0 Å². The maximum Gasteiger partial charge on any atom is 0.150 e. The van der Waals surface area contributed by atoms with Crippen molar-refractivity contribution in [3.05, 3.63) is 29.3 Å². The highest BCUT2D eigenvalue weighted by atomic mass is 16.5. The molecule has 12 heavy (non-hydrogen) atoms. The summed E-state index contributed by atoms with van der Waals surface area (Å²) < 4.78 is 5.00. The number of hydrogen-bond acceptors (Lipinski definition) is 2. The van der Waals surface area contributed by atoms with Gasteiger partial charge in [0.1, 0.15) is 19.9 Å². The van der Waals surface area contributed by atoms with Gasteiger partial charge in [-0.2, -0.15) is 0 Å². The predicted molar refractivity (Wildman–Crippen MR) is 50.6 cm³/mol. The standard InChI is InChI=1S/C9H11BO2/c1-12-9-3-2-7(5-10)8(4-9)6-11/h2-4,6H,5,10H2,1H3. The summed E-state index contributed by atoms with van der Waals surface area (Å²) >= 11 is 0. The van der Waals surface area contributed by atoms with Crippen LogP contribution in [0.1, 0.15) is 15.9 Å². The minimum atomic E-state index is 0.719. The third-order valence-corrected chi connectivity index (χ3v) is 1.86. The molecule has 0 bridgehead atoms. The van der Waals surface area contributed by atoms with Crippen LogP contribution >= 0.6 is 0 Å². The normalized spacial score (nSPS) is 9.42. The van der Waals surface area contributed by atoms with Gasteiger partial charge < -0.3 is 4.74 Å². The van der Waals surface area contributed by atoms with Gasteiger partial charge in [-0.25, -0.2) is 0 Å². The van der Waals surface area contributed by atoms with E-state index in [1.54, 1.807) is 13.2 Å². The first-order valence-corrected chi connectivity index (χ1v) is 3.94. The zero-order chi connectivity index (χ0) is 8.97. The maximum atomic E-state index is 10.6. The lowest BCUT2D eigenvalue weighted by molar-refractivity contribution is 0.112. The molecule has 0 spiro atoms. The Morgan fingerprint density at radius 2 is 2.33 bits per heavy atom. The molecule has 0 aliphatic heterocycles. The van der Waals surface area contributed by atoms with Gasteiger partial charge in [-0.15, -0.1) is 0 Å². The van der Waals surface area contributed by atoms with Crippen LogP contribution in [0.3, 0.4) is 0 Å². The lowest BCUT2D eigenvalue weighted by atomic mass is 9.93. The highest BCUT2D eigenvalue weighted by molar-refractivity contribution is 6.09. The summed E-state index contributed by atoms with van der Waals surface area (Å²) in [5.41, 5.74) is 1.78. The first-order chi connectivity index (χ1) is 5.81. The first kappa shape index (κ1) is 8.85. The van der Waals surface area contributed by atoms with Gasteiger partial charge in [0.05, 0.1) is 7.11 Å². The van der Waals surface area contributed by atoms with Crippen molar-refractivity contribution in [3.63, 3.8) is 0 Å². The van der Waals surface area contributed by atoms with E-state index in [9.17, 15) is 4.79 Å². The Labute approximate surface area is 73.0 Å². The van der Waals surface area contributed by atoms with Crippen LogP contribution in [-0.2, 0) is 6.32 Å². The Balaban J connectivity index is 3.10. The molecule has 0 heterocycles. The van der Waals surface area contributed by atoms with Crippen LogP contribution in [0.4, 0.5) is 0 Å². The Kier molecular flexibility index (Phi) is 2.91. The minimum Gasteiger partial charge on any atom is -0.497 e. The molecule has 0 fully saturated rings. The fraction of sp³-hybridized carbons (Fsp3) is 0.222. The van der Waals surface area contributed by atoms with Gasteiger partial charge in [0.25, 0.3) is 0 Å². The third kappa shape index (κ3) is 1.67. The number of ether oxygens (including phenoxy) is 1. The quantitative estimate of drug-likeness (QED) is 0.481. The van der Waals surface area contributed by atoms with Gasteiger partial charge >= 0.3 is 0 Å². The molecular weight excluding hydrogens is 151 g/mol. The first-order valence-electron chi connectivity index (χ1n) is 3.94. The van der Waals surface area contributed by atoms with E-state index in [4.69, 9.17) is 4.74 Å². The van der Waals surface area contributed by atoms with Crippen LogP contribution in [-0.4, -0.2) is 21.2 Å². The molecule has 3 heteroatoms. The molecule has 0 amide bonds. The molecule has 1 aromatic rings. The molecule has 0 aromatic heterocycles. The molecule has 0 saturated heterocycles. The average Bonchev–Trinajstić information content (AvgIpc) is 2.16. The number of carbonyl (C=O) groups excluding carboxylic acids is 1. The van der Waals surface area contributed by atoms with Crippen LogP contribution in [0.2, 0.25) is 0 Å². The number of hydrogen-bond donors (Lipinski definition) is 0. The van der Waals surface area contributed by atoms with E-state index < -0.39 is 0 Å². The van der Waals surface area contributed by atoms with Crippen LogP contribution in [0.25, 0.3) is 0 Å². The number of benzene rings is 1. The van der Waals surface area contributed by atoms with E-state index in [0.29, 0.717) is 0 Å².